The van der Waals surface area contributed by atoms with Gasteiger partial charge in [0.15, 0.2) is 12.1 Å². The molecule has 184 valence electrons. The maximum Gasteiger partial charge on any atom is 0.202 e. The molecular formula is C26H27NO8. The molecule has 1 aliphatic heterocycles. The summed E-state index contributed by atoms with van der Waals surface area (Å²) < 4.78 is 12.0. The van der Waals surface area contributed by atoms with Gasteiger partial charge in [-0.3, -0.25) is 9.59 Å². The molecule has 0 amide bonds. The third kappa shape index (κ3) is 3.54. The van der Waals surface area contributed by atoms with E-state index in [0.717, 1.165) is 5.57 Å². The highest BCUT2D eigenvalue weighted by Crippen LogP contribution is 2.51. The quantitative estimate of drug-likeness (QED) is 0.354. The number of hydrogen-bond donors (Lipinski definition) is 5. The summed E-state index contributed by atoms with van der Waals surface area (Å²) in [5.41, 5.74) is 6.36. The first kappa shape index (κ1) is 23.5. The summed E-state index contributed by atoms with van der Waals surface area (Å²) in [5, 5.41) is 42.9. The van der Waals surface area contributed by atoms with Crippen LogP contribution >= 0.6 is 0 Å². The van der Waals surface area contributed by atoms with Crippen molar-refractivity contribution in [3.63, 3.8) is 0 Å². The van der Waals surface area contributed by atoms with Crippen LogP contribution in [0.3, 0.4) is 0 Å². The predicted molar refractivity (Wildman–Crippen MR) is 124 cm³/mol. The lowest BCUT2D eigenvalue weighted by molar-refractivity contribution is -0.240. The Bertz CT molecular complexity index is 1270. The number of fused-ring (bicyclic) bond motifs is 3. The number of aliphatic hydroxyl groups is 1. The average Bonchev–Trinajstić information content (AvgIpc) is 2.82. The van der Waals surface area contributed by atoms with E-state index in [1.54, 1.807) is 13.0 Å². The van der Waals surface area contributed by atoms with Crippen molar-refractivity contribution < 1.29 is 39.5 Å². The summed E-state index contributed by atoms with van der Waals surface area (Å²) in [6.45, 7) is 3.61. The van der Waals surface area contributed by atoms with Crippen molar-refractivity contribution >= 4 is 17.6 Å². The zero-order chi connectivity index (χ0) is 25.2. The summed E-state index contributed by atoms with van der Waals surface area (Å²) in [7, 11) is 0. The molecule has 4 unspecified atom stereocenters. The molecule has 5 rings (SSSR count). The van der Waals surface area contributed by atoms with Gasteiger partial charge in [-0.15, -0.1) is 0 Å². The van der Waals surface area contributed by atoms with Gasteiger partial charge in [0.2, 0.25) is 5.78 Å². The number of ketones is 2. The van der Waals surface area contributed by atoms with Crippen LogP contribution < -0.4 is 5.73 Å². The zero-order valence-corrected chi connectivity index (χ0v) is 19.3. The van der Waals surface area contributed by atoms with Gasteiger partial charge in [-0.2, -0.15) is 0 Å². The van der Waals surface area contributed by atoms with Crippen molar-refractivity contribution in [3.05, 3.63) is 57.2 Å². The first-order valence-electron chi connectivity index (χ1n) is 11.6. The van der Waals surface area contributed by atoms with Crippen LogP contribution in [0.5, 0.6) is 17.2 Å². The van der Waals surface area contributed by atoms with Crippen molar-refractivity contribution in [1.29, 1.82) is 0 Å². The van der Waals surface area contributed by atoms with E-state index in [-0.39, 0.29) is 45.6 Å². The largest absolute Gasteiger partial charge is 0.507 e. The van der Waals surface area contributed by atoms with Crippen LogP contribution in [0.1, 0.15) is 82.2 Å². The topological polar surface area (TPSA) is 160 Å². The van der Waals surface area contributed by atoms with Gasteiger partial charge in [-0.05, 0) is 25.8 Å². The summed E-state index contributed by atoms with van der Waals surface area (Å²) in [4.78, 5) is 26.6. The first-order chi connectivity index (χ1) is 16.6. The van der Waals surface area contributed by atoms with Crippen molar-refractivity contribution in [3.8, 4) is 17.2 Å². The van der Waals surface area contributed by atoms with E-state index in [2.05, 4.69) is 0 Å². The van der Waals surface area contributed by atoms with E-state index in [1.165, 1.54) is 18.2 Å². The highest BCUT2D eigenvalue weighted by Gasteiger charge is 2.42. The molecule has 6 N–H and O–H groups in total. The van der Waals surface area contributed by atoms with E-state index in [1.807, 2.05) is 6.92 Å². The molecule has 0 bridgehead atoms. The fourth-order valence-electron chi connectivity index (χ4n) is 5.22. The average molecular weight is 482 g/mol. The lowest BCUT2D eigenvalue weighted by Gasteiger charge is -2.39. The van der Waals surface area contributed by atoms with Crippen LogP contribution in [-0.2, 0) is 9.47 Å². The second-order valence-corrected chi connectivity index (χ2v) is 9.28. The number of carbonyl (C=O) groups excluding carboxylic acids is 2. The van der Waals surface area contributed by atoms with Gasteiger partial charge in [0, 0.05) is 29.2 Å². The normalized spacial score (nSPS) is 27.7. The number of benzene rings is 2. The van der Waals surface area contributed by atoms with E-state index < -0.39 is 53.7 Å². The van der Waals surface area contributed by atoms with Gasteiger partial charge in [-0.1, -0.05) is 30.7 Å². The number of hydrogen-bond acceptors (Lipinski definition) is 9. The molecule has 2 aliphatic carbocycles. The molecule has 1 fully saturated rings. The zero-order valence-electron chi connectivity index (χ0n) is 19.3. The summed E-state index contributed by atoms with van der Waals surface area (Å²) >= 11 is 0. The highest BCUT2D eigenvalue weighted by atomic mass is 16.7. The lowest BCUT2D eigenvalue weighted by atomic mass is 9.77. The second-order valence-electron chi connectivity index (χ2n) is 9.28. The van der Waals surface area contributed by atoms with Crippen molar-refractivity contribution in [2.45, 2.75) is 63.8 Å². The Morgan fingerprint density at radius 3 is 2.49 bits per heavy atom. The number of phenols is 3. The molecule has 1 saturated heterocycles. The molecule has 35 heavy (non-hydrogen) atoms. The third-order valence-electron chi connectivity index (χ3n) is 7.13. The molecular weight excluding hydrogens is 454 g/mol. The smallest absolute Gasteiger partial charge is 0.202 e. The first-order valence-corrected chi connectivity index (χ1v) is 11.6. The Hall–Kier alpha value is -3.24. The fourth-order valence-corrected chi connectivity index (χ4v) is 5.22. The molecule has 0 saturated carbocycles. The molecule has 3 aliphatic rings. The summed E-state index contributed by atoms with van der Waals surface area (Å²) in [6, 6.07) is 3.54. The van der Waals surface area contributed by atoms with Crippen LogP contribution in [0, 0.1) is 0 Å². The molecule has 9 nitrogen and oxygen atoms in total. The molecule has 2 aromatic rings. The van der Waals surface area contributed by atoms with Crippen LogP contribution in [0.4, 0.5) is 0 Å². The molecule has 5 atom stereocenters. The Kier molecular flexibility index (Phi) is 5.68. The SMILES string of the molecule is CCC1=Cc2c(O)c3c(c(O)c2[C@@H](OC2CC(N)C(O)C(C)O2)C1)C(=O)c1c(O)cccc1C3=O. The second kappa shape index (κ2) is 8.46. The minimum Gasteiger partial charge on any atom is -0.507 e. The number of phenolic OH excluding ortho intramolecular Hbond substituents is 3. The number of aromatic hydroxyl groups is 3. The van der Waals surface area contributed by atoms with E-state index in [9.17, 15) is 30.0 Å². The van der Waals surface area contributed by atoms with Gasteiger partial charge < -0.3 is 35.6 Å². The van der Waals surface area contributed by atoms with E-state index >= 15 is 0 Å². The highest BCUT2D eigenvalue weighted by molar-refractivity contribution is 6.31. The number of ether oxygens (including phenoxy) is 2. The van der Waals surface area contributed by atoms with Crippen LogP contribution in [0.25, 0.3) is 6.08 Å². The van der Waals surface area contributed by atoms with Crippen molar-refractivity contribution in [2.75, 3.05) is 0 Å². The number of aliphatic hydroxyl groups excluding tert-OH is 1. The number of nitrogens with two attached hydrogens (primary N) is 1. The van der Waals surface area contributed by atoms with Crippen molar-refractivity contribution in [2.24, 2.45) is 5.73 Å². The fraction of sp³-hybridized carbons (Fsp3) is 0.385. The maximum atomic E-state index is 13.4. The third-order valence-corrected chi connectivity index (χ3v) is 7.13. The van der Waals surface area contributed by atoms with Crippen LogP contribution in [-0.4, -0.2) is 56.5 Å². The Labute approximate surface area is 201 Å². The van der Waals surface area contributed by atoms with Gasteiger partial charge in [0.1, 0.15) is 17.2 Å². The molecule has 2 aromatic carbocycles. The molecule has 0 spiro atoms. The molecule has 0 radical (unpaired) electrons. The summed E-state index contributed by atoms with van der Waals surface area (Å²) in [6.07, 6.45) is -0.144. The van der Waals surface area contributed by atoms with Gasteiger partial charge in [0.05, 0.1) is 35.0 Å². The molecule has 1 heterocycles. The van der Waals surface area contributed by atoms with E-state index in [4.69, 9.17) is 15.2 Å². The summed E-state index contributed by atoms with van der Waals surface area (Å²) in [5.74, 6) is -2.73. The van der Waals surface area contributed by atoms with Gasteiger partial charge in [0.25, 0.3) is 0 Å². The Morgan fingerprint density at radius 2 is 1.80 bits per heavy atom. The Balaban J connectivity index is 1.65. The minimum atomic E-state index is -0.847. The molecule has 0 aromatic heterocycles. The maximum absolute atomic E-state index is 13.4. The Morgan fingerprint density at radius 1 is 1.09 bits per heavy atom. The minimum absolute atomic E-state index is 0.0439. The van der Waals surface area contributed by atoms with Crippen LogP contribution in [0.2, 0.25) is 0 Å². The van der Waals surface area contributed by atoms with Crippen LogP contribution in [0.15, 0.2) is 23.8 Å². The van der Waals surface area contributed by atoms with Crippen molar-refractivity contribution in [1.82, 2.24) is 0 Å². The lowest BCUT2D eigenvalue weighted by Crippen LogP contribution is -2.51. The standard InChI is InChI=1S/C26H27NO8/c1-3-11-7-13-19(16(8-11)35-17-9-14(27)22(29)10(2)34-17)26(33)21-20(24(13)31)23(30)12-5-4-6-15(28)18(12)25(21)32/h4-7,10,14,16-17,22,28-29,31,33H,3,8-9,27H2,1-2H3/t10?,14?,16-,17?,22?/m0/s1. The van der Waals surface area contributed by atoms with Gasteiger partial charge in [-0.25, -0.2) is 0 Å². The number of rotatable bonds is 3. The molecule has 9 heteroatoms. The van der Waals surface area contributed by atoms with E-state index in [0.29, 0.717) is 12.8 Å². The van der Waals surface area contributed by atoms with Gasteiger partial charge >= 0.3 is 0 Å². The monoisotopic (exact) mass is 481 g/mol. The predicted octanol–water partition coefficient (Wildman–Crippen LogP) is 2.66. The number of carbonyl (C=O) groups is 2.